The average molecular weight is 425 g/mol. The van der Waals surface area contributed by atoms with Gasteiger partial charge in [0, 0.05) is 18.1 Å². The monoisotopic (exact) mass is 424 g/mol. The fourth-order valence-electron chi connectivity index (χ4n) is 3.68. The summed E-state index contributed by atoms with van der Waals surface area (Å²) in [6.45, 7) is 7.36. The first-order valence-electron chi connectivity index (χ1n) is 9.60. The zero-order valence-corrected chi connectivity index (χ0v) is 18.0. The zero-order chi connectivity index (χ0) is 21.4. The number of ether oxygens (including phenoxy) is 1. The highest BCUT2D eigenvalue weighted by atomic mass is 32.2. The van der Waals surface area contributed by atoms with E-state index in [0.29, 0.717) is 27.7 Å². The second kappa shape index (κ2) is 8.02. The van der Waals surface area contributed by atoms with Gasteiger partial charge >= 0.3 is 0 Å². The average Bonchev–Trinajstić information content (AvgIpc) is 2.83. The molecular weight excluding hydrogens is 403 g/mol. The number of fused-ring (bicyclic) bond motifs is 3. The Labute approximate surface area is 178 Å². The molecule has 0 saturated carbocycles. The molecule has 2 aromatic carbocycles. The van der Waals surface area contributed by atoms with Crippen LogP contribution in [0, 0.1) is 19.7 Å². The molecule has 3 aromatic rings. The van der Waals surface area contributed by atoms with Crippen molar-refractivity contribution >= 4 is 23.4 Å². The van der Waals surface area contributed by atoms with Gasteiger partial charge in [0.25, 0.3) is 0 Å². The van der Waals surface area contributed by atoms with Crippen LogP contribution in [0.3, 0.4) is 0 Å². The summed E-state index contributed by atoms with van der Waals surface area (Å²) in [7, 11) is 0. The molecule has 0 N–H and O–H groups in total. The number of halogens is 1. The van der Waals surface area contributed by atoms with Gasteiger partial charge in [-0.25, -0.2) is 4.39 Å². The maximum atomic E-state index is 14.0. The van der Waals surface area contributed by atoms with E-state index in [9.17, 15) is 9.18 Å². The molecule has 8 heteroatoms. The maximum Gasteiger partial charge on any atom is 0.247 e. The van der Waals surface area contributed by atoms with E-state index in [0.717, 1.165) is 16.9 Å². The molecule has 154 valence electrons. The van der Waals surface area contributed by atoms with Crippen LogP contribution < -0.4 is 9.64 Å². The number of thioether (sulfide) groups is 1. The zero-order valence-electron chi connectivity index (χ0n) is 17.1. The quantitative estimate of drug-likeness (QED) is 0.560. The Morgan fingerprint density at radius 3 is 2.73 bits per heavy atom. The Morgan fingerprint density at radius 1 is 1.23 bits per heavy atom. The molecule has 0 saturated heterocycles. The van der Waals surface area contributed by atoms with E-state index in [1.165, 1.54) is 35.7 Å². The Bertz CT molecular complexity index is 1140. The van der Waals surface area contributed by atoms with Gasteiger partial charge in [-0.2, -0.15) is 4.98 Å². The molecule has 0 bridgehead atoms. The number of amides is 1. The fourth-order valence-corrected chi connectivity index (χ4v) is 4.18. The molecule has 0 radical (unpaired) electrons. The third-order valence-electron chi connectivity index (χ3n) is 4.78. The van der Waals surface area contributed by atoms with Gasteiger partial charge in [-0.3, -0.25) is 9.69 Å². The van der Waals surface area contributed by atoms with Gasteiger partial charge in [-0.05, 0) is 43.4 Å². The van der Waals surface area contributed by atoms with Crippen molar-refractivity contribution in [3.63, 3.8) is 0 Å². The molecule has 1 unspecified atom stereocenters. The van der Waals surface area contributed by atoms with E-state index in [2.05, 4.69) is 15.2 Å². The van der Waals surface area contributed by atoms with Crippen molar-refractivity contribution in [3.8, 4) is 17.1 Å². The largest absolute Gasteiger partial charge is 0.447 e. The smallest absolute Gasteiger partial charge is 0.247 e. The number of aromatic nitrogens is 3. The minimum absolute atomic E-state index is 0.235. The lowest BCUT2D eigenvalue weighted by atomic mass is 10.00. The predicted octanol–water partition coefficient (Wildman–Crippen LogP) is 4.85. The molecular formula is C22H21FN4O2S. The molecule has 6 nitrogen and oxygen atoms in total. The first kappa shape index (κ1) is 20.3. The first-order valence-corrected chi connectivity index (χ1v) is 10.6. The van der Waals surface area contributed by atoms with Crippen molar-refractivity contribution < 1.29 is 13.9 Å². The predicted molar refractivity (Wildman–Crippen MR) is 114 cm³/mol. The number of rotatable bonds is 3. The van der Waals surface area contributed by atoms with E-state index < -0.39 is 12.0 Å². The van der Waals surface area contributed by atoms with Gasteiger partial charge in [-0.1, -0.05) is 42.4 Å². The van der Waals surface area contributed by atoms with Crippen LogP contribution in [0.5, 0.6) is 5.88 Å². The van der Waals surface area contributed by atoms with Crippen LogP contribution >= 0.6 is 11.8 Å². The molecule has 0 fully saturated rings. The van der Waals surface area contributed by atoms with Crippen molar-refractivity contribution in [1.29, 1.82) is 0 Å². The Kier molecular flexibility index (Phi) is 5.42. The van der Waals surface area contributed by atoms with Gasteiger partial charge in [0.2, 0.25) is 23.2 Å². The summed E-state index contributed by atoms with van der Waals surface area (Å²) in [4.78, 5) is 18.9. The summed E-state index contributed by atoms with van der Waals surface area (Å²) >= 11 is 1.44. The summed E-state index contributed by atoms with van der Waals surface area (Å²) in [6, 6.07) is 9.98. The highest BCUT2D eigenvalue weighted by Crippen LogP contribution is 2.45. The molecule has 1 atom stereocenters. The number of carbonyl (C=O) groups excluding carboxylic acids is 1. The van der Waals surface area contributed by atoms with Crippen molar-refractivity contribution in [3.05, 3.63) is 58.9 Å². The molecule has 1 aliphatic rings. The van der Waals surface area contributed by atoms with Gasteiger partial charge in [0.1, 0.15) is 5.82 Å². The molecule has 1 amide bonds. The molecule has 0 aliphatic carbocycles. The number of nitrogens with zero attached hydrogens (tertiary/aromatic N) is 4. The van der Waals surface area contributed by atoms with Gasteiger partial charge in [0.15, 0.2) is 5.69 Å². The summed E-state index contributed by atoms with van der Waals surface area (Å²) in [5, 5.41) is 9.10. The Morgan fingerprint density at radius 2 is 2.03 bits per heavy atom. The second-order valence-corrected chi connectivity index (χ2v) is 8.30. The number of benzene rings is 2. The summed E-state index contributed by atoms with van der Waals surface area (Å²) in [5.41, 5.74) is 4.23. The molecule has 2 heterocycles. The van der Waals surface area contributed by atoms with Crippen LogP contribution in [0.4, 0.5) is 10.1 Å². The van der Waals surface area contributed by atoms with Crippen molar-refractivity contribution in [2.75, 3.05) is 10.7 Å². The Balaban J connectivity index is 2.02. The molecule has 0 spiro atoms. The van der Waals surface area contributed by atoms with E-state index in [-0.39, 0.29) is 11.8 Å². The van der Waals surface area contributed by atoms with Crippen LogP contribution in [0.1, 0.15) is 36.8 Å². The lowest BCUT2D eigenvalue weighted by molar-refractivity contribution is -0.118. The topological polar surface area (TPSA) is 68.2 Å². The highest BCUT2D eigenvalue weighted by Gasteiger charge is 2.36. The fraction of sp³-hybridized carbons (Fsp3) is 0.273. The van der Waals surface area contributed by atoms with E-state index in [1.807, 2.05) is 32.9 Å². The van der Waals surface area contributed by atoms with E-state index >= 15 is 0 Å². The van der Waals surface area contributed by atoms with Crippen molar-refractivity contribution in [2.24, 2.45) is 0 Å². The van der Waals surface area contributed by atoms with E-state index in [1.54, 1.807) is 12.1 Å². The number of aryl methyl sites for hydroxylation is 2. The molecule has 4 rings (SSSR count). The first-order chi connectivity index (χ1) is 14.4. The highest BCUT2D eigenvalue weighted by molar-refractivity contribution is 7.99. The van der Waals surface area contributed by atoms with Crippen LogP contribution in [-0.2, 0) is 4.79 Å². The van der Waals surface area contributed by atoms with Gasteiger partial charge in [0.05, 0.1) is 5.69 Å². The summed E-state index contributed by atoms with van der Waals surface area (Å²) in [5.74, 6) is 0.405. The lowest BCUT2D eigenvalue weighted by Gasteiger charge is -2.31. The normalized spacial score (nSPS) is 15.1. The van der Waals surface area contributed by atoms with Crippen LogP contribution in [0.2, 0.25) is 0 Å². The minimum atomic E-state index is -0.893. The van der Waals surface area contributed by atoms with Gasteiger partial charge in [-0.15, -0.1) is 10.2 Å². The molecule has 30 heavy (non-hydrogen) atoms. The number of anilines is 1. The van der Waals surface area contributed by atoms with Crippen LogP contribution in [-0.4, -0.2) is 26.8 Å². The third-order valence-corrected chi connectivity index (χ3v) is 5.50. The number of carbonyl (C=O) groups is 1. The van der Waals surface area contributed by atoms with Gasteiger partial charge < -0.3 is 4.74 Å². The molecule has 1 aliphatic heterocycles. The Hall–Kier alpha value is -3.00. The molecule has 1 aromatic heterocycles. The summed E-state index contributed by atoms with van der Waals surface area (Å²) in [6.07, 6.45) is -0.893. The standard InChI is InChI=1S/C22H21FN4O2S/c1-5-30-22-24-20-18(25-26-22)17-10-12(2)9-13(3)19(17)27(14(4)28)21(29-20)15-7-6-8-16(23)11-15/h6-11,21H,5H2,1-4H3. The number of hydrogen-bond acceptors (Lipinski definition) is 6. The maximum absolute atomic E-state index is 14.0. The second-order valence-electron chi connectivity index (χ2n) is 7.07. The summed E-state index contributed by atoms with van der Waals surface area (Å²) < 4.78 is 20.3. The minimum Gasteiger partial charge on any atom is -0.447 e. The van der Waals surface area contributed by atoms with Crippen molar-refractivity contribution in [2.45, 2.75) is 39.1 Å². The third kappa shape index (κ3) is 3.63. The van der Waals surface area contributed by atoms with Crippen molar-refractivity contribution in [1.82, 2.24) is 15.2 Å². The SMILES string of the molecule is CCSc1nnc2c(n1)OC(c1cccc(F)c1)N(C(C)=O)c1c(C)cc(C)cc1-2. The van der Waals surface area contributed by atoms with E-state index in [4.69, 9.17) is 4.74 Å². The number of hydrogen-bond donors (Lipinski definition) is 0. The lowest BCUT2D eigenvalue weighted by Crippen LogP contribution is -2.36. The van der Waals surface area contributed by atoms with Crippen LogP contribution in [0.15, 0.2) is 41.6 Å². The van der Waals surface area contributed by atoms with Crippen LogP contribution in [0.25, 0.3) is 11.3 Å².